The van der Waals surface area contributed by atoms with E-state index in [0.29, 0.717) is 5.56 Å². The summed E-state index contributed by atoms with van der Waals surface area (Å²) in [4.78, 5) is 51.4. The van der Waals surface area contributed by atoms with Gasteiger partial charge < -0.3 is 31.1 Å². The van der Waals surface area contributed by atoms with E-state index < -0.39 is 35.9 Å². The Morgan fingerprint density at radius 3 is 2.09 bits per heavy atom. The standard InChI is InChI=1S/C33H39N4O6/c1-23(2)30(37-32(41)35-21-25-10-5-3-6-11-25)31(40)36-28(20-24-15-17-27(38)18-16-24)29(39)14-9-19-34-33(42)43-22-26-12-7-4-8-13-26/h3-8,10-18,23,28,30,38H,9,19-22H2,1-2H3,(H,34,42)(H,36,40)(H2,35,37,41)/t28-,30-/m1/s1/i14D. The summed E-state index contributed by atoms with van der Waals surface area (Å²) in [6.07, 6.45) is -1.02. The molecule has 3 rings (SSSR count). The maximum atomic E-state index is 13.4. The monoisotopic (exact) mass is 588 g/mol. The number of alkyl carbamates (subject to hydrolysis) is 1. The second-order valence-electron chi connectivity index (χ2n) is 10.2. The minimum Gasteiger partial charge on any atom is -0.508 e. The van der Waals surface area contributed by atoms with E-state index in [4.69, 9.17) is 6.11 Å². The van der Waals surface area contributed by atoms with E-state index >= 15 is 0 Å². The van der Waals surface area contributed by atoms with Crippen LogP contribution in [0.4, 0.5) is 9.59 Å². The Kier molecular flexibility index (Phi) is 12.4. The summed E-state index contributed by atoms with van der Waals surface area (Å²) in [6.45, 7) is 3.87. The molecule has 227 valence electrons. The van der Waals surface area contributed by atoms with E-state index in [1.807, 2.05) is 60.7 Å². The van der Waals surface area contributed by atoms with Crippen LogP contribution in [0.2, 0.25) is 0 Å². The molecular weight excluding hydrogens is 548 g/mol. The minimum absolute atomic E-state index is 0.0180. The Hall–Kier alpha value is -4.86. The molecule has 4 amide bonds. The van der Waals surface area contributed by atoms with Gasteiger partial charge in [-0.2, -0.15) is 0 Å². The zero-order chi connectivity index (χ0) is 31.9. The highest BCUT2D eigenvalue weighted by Gasteiger charge is 2.29. The number of amides is 4. The Morgan fingerprint density at radius 1 is 0.837 bits per heavy atom. The van der Waals surface area contributed by atoms with Gasteiger partial charge in [0.2, 0.25) is 5.91 Å². The Labute approximate surface area is 253 Å². The van der Waals surface area contributed by atoms with Gasteiger partial charge in [0.1, 0.15) is 18.4 Å². The van der Waals surface area contributed by atoms with Gasteiger partial charge >= 0.3 is 12.1 Å². The second kappa shape index (κ2) is 17.2. The highest BCUT2D eigenvalue weighted by molar-refractivity contribution is 5.96. The zero-order valence-electron chi connectivity index (χ0n) is 25.3. The molecule has 0 aliphatic carbocycles. The number of phenols is 1. The Balaban J connectivity index is 1.59. The van der Waals surface area contributed by atoms with Gasteiger partial charge in [-0.3, -0.25) is 9.59 Å². The van der Waals surface area contributed by atoms with Crippen LogP contribution in [0.1, 0.15) is 38.3 Å². The summed E-state index contributed by atoms with van der Waals surface area (Å²) in [5.41, 5.74) is 2.36. The van der Waals surface area contributed by atoms with E-state index in [0.717, 1.165) is 11.1 Å². The first-order valence-corrected chi connectivity index (χ1v) is 14.1. The summed E-state index contributed by atoms with van der Waals surface area (Å²) < 4.78 is 13.5. The van der Waals surface area contributed by atoms with E-state index in [1.54, 1.807) is 26.0 Å². The second-order valence-corrected chi connectivity index (χ2v) is 10.2. The lowest BCUT2D eigenvalue weighted by molar-refractivity contribution is -0.128. The fourth-order valence-corrected chi connectivity index (χ4v) is 4.09. The summed E-state index contributed by atoms with van der Waals surface area (Å²) in [5, 5.41) is 20.3. The first-order chi connectivity index (χ1) is 21.1. The predicted molar refractivity (Wildman–Crippen MR) is 163 cm³/mol. The van der Waals surface area contributed by atoms with Crippen molar-refractivity contribution in [3.63, 3.8) is 0 Å². The number of aromatic hydroxyl groups is 1. The van der Waals surface area contributed by atoms with E-state index in [9.17, 15) is 24.3 Å². The van der Waals surface area contributed by atoms with Crippen molar-refractivity contribution in [3.05, 3.63) is 108 Å². The summed E-state index contributed by atoms with van der Waals surface area (Å²) in [6, 6.07) is 22.0. The fourth-order valence-electron chi connectivity index (χ4n) is 4.09. The lowest BCUT2D eigenvalue weighted by atomic mass is 9.97. The molecule has 0 unspecified atom stereocenters. The first kappa shape index (κ1) is 31.1. The lowest BCUT2D eigenvalue weighted by Gasteiger charge is -2.25. The first-order valence-electron chi connectivity index (χ1n) is 14.6. The maximum absolute atomic E-state index is 13.4. The van der Waals surface area contributed by atoms with Gasteiger partial charge in [0.05, 0.1) is 6.04 Å². The number of urea groups is 1. The molecule has 10 nitrogen and oxygen atoms in total. The molecule has 0 bridgehead atoms. The van der Waals surface area contributed by atoms with Crippen LogP contribution in [-0.2, 0) is 33.9 Å². The molecule has 0 heterocycles. The summed E-state index contributed by atoms with van der Waals surface area (Å²) in [5.74, 6) is -1.49. The van der Waals surface area contributed by atoms with Gasteiger partial charge in [-0.15, -0.1) is 0 Å². The van der Waals surface area contributed by atoms with Gasteiger partial charge in [-0.1, -0.05) is 86.6 Å². The molecule has 0 spiro atoms. The molecular formula is C33H39N4O6. The molecule has 0 saturated heterocycles. The number of benzene rings is 3. The minimum atomic E-state index is -1.12. The SMILES string of the molecule is [2H][C](CCNC(=O)OCc1ccccc1)C(=O)[C@@H](Cc1ccc(O)cc1)NC(=O)[C@H](NC(=O)NCc1ccccc1)C(C)C. The van der Waals surface area contributed by atoms with Crippen molar-refractivity contribution in [1.82, 2.24) is 21.3 Å². The third kappa shape index (κ3) is 11.9. The number of hydrogen-bond donors (Lipinski definition) is 5. The molecule has 0 saturated carbocycles. The molecule has 5 N–H and O–H groups in total. The van der Waals surface area contributed by atoms with Crippen LogP contribution in [0.5, 0.6) is 5.75 Å². The van der Waals surface area contributed by atoms with E-state index in [2.05, 4.69) is 21.3 Å². The number of ketones is 1. The van der Waals surface area contributed by atoms with Crippen molar-refractivity contribution in [1.29, 1.82) is 0 Å². The van der Waals surface area contributed by atoms with E-state index in [1.165, 1.54) is 12.1 Å². The third-order valence-electron chi connectivity index (χ3n) is 6.45. The molecule has 43 heavy (non-hydrogen) atoms. The van der Waals surface area contributed by atoms with Gasteiger partial charge in [-0.05, 0) is 47.6 Å². The van der Waals surface area contributed by atoms with Gasteiger partial charge in [0, 0.05) is 20.9 Å². The number of Topliss-reactive ketones (excluding diaryl/α,β-unsaturated/α-hetero) is 1. The lowest BCUT2D eigenvalue weighted by Crippen LogP contribution is -2.55. The zero-order valence-corrected chi connectivity index (χ0v) is 24.3. The topological polar surface area (TPSA) is 146 Å². The number of nitrogens with one attached hydrogen (secondary N) is 4. The quantitative estimate of drug-likeness (QED) is 0.181. The highest BCUT2D eigenvalue weighted by atomic mass is 16.5. The van der Waals surface area contributed by atoms with Crippen molar-refractivity contribution in [2.45, 2.75) is 51.9 Å². The van der Waals surface area contributed by atoms with Crippen molar-refractivity contribution in [3.8, 4) is 5.75 Å². The van der Waals surface area contributed by atoms with Gasteiger partial charge in [-0.25, -0.2) is 9.59 Å². The molecule has 0 aromatic heterocycles. The molecule has 0 aliphatic heterocycles. The number of carbonyl (C=O) groups excluding carboxylic acids is 4. The molecule has 3 aromatic rings. The smallest absolute Gasteiger partial charge is 0.407 e. The number of phenolic OH excluding ortho intramolecular Hbond substituents is 1. The summed E-state index contributed by atoms with van der Waals surface area (Å²) >= 11 is 0. The van der Waals surface area contributed by atoms with Crippen molar-refractivity contribution >= 4 is 23.8 Å². The fraction of sp³-hybridized carbons (Fsp3) is 0.303. The molecule has 0 aliphatic rings. The largest absolute Gasteiger partial charge is 0.508 e. The average molecular weight is 589 g/mol. The van der Waals surface area contributed by atoms with Crippen LogP contribution in [0, 0.1) is 12.3 Å². The van der Waals surface area contributed by atoms with Crippen LogP contribution in [0.15, 0.2) is 84.9 Å². The Bertz CT molecular complexity index is 1360. The van der Waals surface area contributed by atoms with Crippen molar-refractivity contribution in [2.75, 3.05) is 6.54 Å². The number of hydrogen-bond acceptors (Lipinski definition) is 6. The molecule has 0 fully saturated rings. The van der Waals surface area contributed by atoms with Crippen molar-refractivity contribution < 1.29 is 30.4 Å². The van der Waals surface area contributed by atoms with Crippen LogP contribution in [0.3, 0.4) is 0 Å². The Morgan fingerprint density at radius 2 is 1.47 bits per heavy atom. The van der Waals surface area contributed by atoms with Crippen LogP contribution >= 0.6 is 0 Å². The summed E-state index contributed by atoms with van der Waals surface area (Å²) in [7, 11) is 0. The molecule has 2 atom stereocenters. The van der Waals surface area contributed by atoms with Crippen LogP contribution in [0.25, 0.3) is 0 Å². The van der Waals surface area contributed by atoms with Gasteiger partial charge in [0.15, 0.2) is 5.78 Å². The maximum Gasteiger partial charge on any atom is 0.407 e. The predicted octanol–water partition coefficient (Wildman–Crippen LogP) is 4.03. The average Bonchev–Trinajstić information content (AvgIpc) is 3.02. The number of rotatable bonds is 15. The molecule has 1 radical (unpaired) electrons. The van der Waals surface area contributed by atoms with E-state index in [-0.39, 0.29) is 50.6 Å². The third-order valence-corrected chi connectivity index (χ3v) is 6.45. The molecule has 3 aromatic carbocycles. The van der Waals surface area contributed by atoms with Crippen molar-refractivity contribution in [2.24, 2.45) is 5.92 Å². The van der Waals surface area contributed by atoms with Crippen LogP contribution < -0.4 is 21.3 Å². The van der Waals surface area contributed by atoms with Crippen LogP contribution in [-0.4, -0.2) is 47.5 Å². The normalized spacial score (nSPS) is 12.5. The number of ether oxygens (including phenoxy) is 1. The number of carbonyl (C=O) groups is 4. The molecule has 10 heteroatoms. The highest BCUT2D eigenvalue weighted by Crippen LogP contribution is 2.13. The van der Waals surface area contributed by atoms with Gasteiger partial charge in [0.25, 0.3) is 0 Å².